The van der Waals surface area contributed by atoms with Gasteiger partial charge >= 0.3 is 5.97 Å². The highest BCUT2D eigenvalue weighted by Gasteiger charge is 2.39. The molecular formula is C15H25NO4. The van der Waals surface area contributed by atoms with E-state index < -0.39 is 5.79 Å². The molecule has 2 rings (SSSR count). The molecule has 1 N–H and O–H groups in total. The highest BCUT2D eigenvalue weighted by molar-refractivity contribution is 5.81. The molecule has 2 fully saturated rings. The van der Waals surface area contributed by atoms with Crippen LogP contribution < -0.4 is 5.32 Å². The predicted octanol–water partition coefficient (Wildman–Crippen LogP) is 1.77. The van der Waals surface area contributed by atoms with E-state index >= 15 is 0 Å². The standard InChI is InChI=1S/C15H25NO4/c1-4-18-14(17)7-5-6-11-8-9-13-12(16-11)10-19-15(2,3)20-13/h5,7,11-13,16H,4,6,8-10H2,1-3H3/b7-5+/t11-,12-,13+/m0/s1. The van der Waals surface area contributed by atoms with Crippen LogP contribution in [-0.2, 0) is 19.0 Å². The number of esters is 1. The normalized spacial score (nSPS) is 32.9. The van der Waals surface area contributed by atoms with Crippen molar-refractivity contribution in [2.75, 3.05) is 13.2 Å². The van der Waals surface area contributed by atoms with Gasteiger partial charge in [-0.05, 0) is 40.0 Å². The molecule has 2 heterocycles. The SMILES string of the molecule is CCOC(=O)/C=C/C[C@H]1CC[C@H]2OC(C)(C)OC[C@@H]2N1. The van der Waals surface area contributed by atoms with Crippen molar-refractivity contribution in [3.63, 3.8) is 0 Å². The summed E-state index contributed by atoms with van der Waals surface area (Å²) >= 11 is 0. The number of hydrogen-bond donors (Lipinski definition) is 1. The zero-order valence-corrected chi connectivity index (χ0v) is 12.6. The molecule has 0 saturated carbocycles. The summed E-state index contributed by atoms with van der Waals surface area (Å²) in [4.78, 5) is 11.2. The van der Waals surface area contributed by atoms with E-state index in [4.69, 9.17) is 14.2 Å². The second-order valence-corrected chi connectivity index (χ2v) is 5.80. The monoisotopic (exact) mass is 283 g/mol. The van der Waals surface area contributed by atoms with Gasteiger partial charge < -0.3 is 19.5 Å². The molecule has 20 heavy (non-hydrogen) atoms. The molecule has 0 amide bonds. The summed E-state index contributed by atoms with van der Waals surface area (Å²) in [5.74, 6) is -0.744. The van der Waals surface area contributed by atoms with Crippen molar-refractivity contribution in [1.82, 2.24) is 5.32 Å². The van der Waals surface area contributed by atoms with Gasteiger partial charge in [0.05, 0.1) is 25.4 Å². The predicted molar refractivity (Wildman–Crippen MR) is 75.2 cm³/mol. The lowest BCUT2D eigenvalue weighted by Gasteiger charge is -2.45. The first-order chi connectivity index (χ1) is 9.50. The van der Waals surface area contributed by atoms with Crippen LogP contribution in [0.5, 0.6) is 0 Å². The van der Waals surface area contributed by atoms with Crippen LogP contribution in [0.2, 0.25) is 0 Å². The molecular weight excluding hydrogens is 258 g/mol. The van der Waals surface area contributed by atoms with Crippen molar-refractivity contribution >= 4 is 5.97 Å². The van der Waals surface area contributed by atoms with Crippen molar-refractivity contribution in [1.29, 1.82) is 0 Å². The first kappa shape index (κ1) is 15.5. The third-order valence-corrected chi connectivity index (χ3v) is 3.71. The molecule has 0 radical (unpaired) electrons. The van der Waals surface area contributed by atoms with E-state index in [0.717, 1.165) is 19.3 Å². The minimum atomic E-state index is -0.473. The largest absolute Gasteiger partial charge is 0.463 e. The number of carbonyl (C=O) groups is 1. The van der Waals surface area contributed by atoms with Crippen LogP contribution in [0.1, 0.15) is 40.0 Å². The molecule has 5 nitrogen and oxygen atoms in total. The average molecular weight is 283 g/mol. The van der Waals surface area contributed by atoms with Gasteiger partial charge in [-0.1, -0.05) is 6.08 Å². The summed E-state index contributed by atoms with van der Waals surface area (Å²) in [7, 11) is 0. The summed E-state index contributed by atoms with van der Waals surface area (Å²) < 4.78 is 16.5. The van der Waals surface area contributed by atoms with E-state index in [1.807, 2.05) is 19.9 Å². The molecule has 0 aromatic heterocycles. The third kappa shape index (κ3) is 4.30. The van der Waals surface area contributed by atoms with Crippen molar-refractivity contribution in [3.8, 4) is 0 Å². The fraction of sp³-hybridized carbons (Fsp3) is 0.800. The van der Waals surface area contributed by atoms with Gasteiger partial charge in [0.15, 0.2) is 5.79 Å². The highest BCUT2D eigenvalue weighted by atomic mass is 16.7. The van der Waals surface area contributed by atoms with E-state index in [1.54, 1.807) is 6.92 Å². The van der Waals surface area contributed by atoms with E-state index in [-0.39, 0.29) is 18.1 Å². The molecule has 0 aliphatic carbocycles. The van der Waals surface area contributed by atoms with Crippen LogP contribution in [0.4, 0.5) is 0 Å². The van der Waals surface area contributed by atoms with Gasteiger partial charge in [0.25, 0.3) is 0 Å². The van der Waals surface area contributed by atoms with Crippen molar-refractivity contribution < 1.29 is 19.0 Å². The lowest BCUT2D eigenvalue weighted by atomic mass is 9.93. The Labute approximate surface area is 120 Å². The maximum atomic E-state index is 11.2. The van der Waals surface area contributed by atoms with Gasteiger partial charge in [-0.2, -0.15) is 0 Å². The van der Waals surface area contributed by atoms with Gasteiger partial charge in [-0.3, -0.25) is 0 Å². The Kier molecular flexibility index (Phi) is 5.18. The molecule has 2 aliphatic heterocycles. The minimum Gasteiger partial charge on any atom is -0.463 e. The van der Waals surface area contributed by atoms with Crippen molar-refractivity contribution in [3.05, 3.63) is 12.2 Å². The summed E-state index contributed by atoms with van der Waals surface area (Å²) in [6.45, 7) is 6.81. The van der Waals surface area contributed by atoms with E-state index in [0.29, 0.717) is 19.3 Å². The number of carbonyl (C=O) groups excluding carboxylic acids is 1. The Balaban J connectivity index is 1.77. The van der Waals surface area contributed by atoms with Crippen LogP contribution in [-0.4, -0.2) is 43.2 Å². The Bertz CT molecular complexity index is 367. The number of nitrogens with one attached hydrogen (secondary N) is 1. The lowest BCUT2D eigenvalue weighted by Crippen LogP contribution is -2.59. The van der Waals surface area contributed by atoms with Gasteiger partial charge in [0.1, 0.15) is 0 Å². The van der Waals surface area contributed by atoms with Gasteiger partial charge in [-0.25, -0.2) is 4.79 Å². The molecule has 2 aliphatic rings. The van der Waals surface area contributed by atoms with E-state index in [2.05, 4.69) is 5.32 Å². The summed E-state index contributed by atoms with van der Waals surface area (Å²) in [5.41, 5.74) is 0. The Hall–Kier alpha value is -0.910. The molecule has 0 bridgehead atoms. The number of piperidine rings is 1. The first-order valence-corrected chi connectivity index (χ1v) is 7.41. The number of fused-ring (bicyclic) bond motifs is 1. The minimum absolute atomic E-state index is 0.226. The number of hydrogen-bond acceptors (Lipinski definition) is 5. The Morgan fingerprint density at radius 3 is 3.00 bits per heavy atom. The number of ether oxygens (including phenoxy) is 3. The maximum Gasteiger partial charge on any atom is 0.330 e. The fourth-order valence-electron chi connectivity index (χ4n) is 2.75. The molecule has 114 valence electrons. The van der Waals surface area contributed by atoms with Crippen LogP contribution in [0.15, 0.2) is 12.2 Å². The Morgan fingerprint density at radius 1 is 1.45 bits per heavy atom. The zero-order chi connectivity index (χ0) is 14.6. The highest BCUT2D eigenvalue weighted by Crippen LogP contribution is 2.29. The van der Waals surface area contributed by atoms with Crippen LogP contribution in [0.3, 0.4) is 0 Å². The van der Waals surface area contributed by atoms with E-state index in [9.17, 15) is 4.79 Å². The summed E-state index contributed by atoms with van der Waals surface area (Å²) in [6, 6.07) is 0.619. The van der Waals surface area contributed by atoms with Crippen LogP contribution >= 0.6 is 0 Å². The van der Waals surface area contributed by atoms with Crippen LogP contribution in [0.25, 0.3) is 0 Å². The van der Waals surface area contributed by atoms with Crippen molar-refractivity contribution in [2.45, 2.75) is 64.0 Å². The maximum absolute atomic E-state index is 11.2. The van der Waals surface area contributed by atoms with Gasteiger partial charge in [0, 0.05) is 12.1 Å². The summed E-state index contributed by atoms with van der Waals surface area (Å²) in [6.07, 6.45) is 6.51. The fourth-order valence-corrected chi connectivity index (χ4v) is 2.75. The molecule has 3 atom stereocenters. The second-order valence-electron chi connectivity index (χ2n) is 5.80. The zero-order valence-electron chi connectivity index (χ0n) is 12.6. The van der Waals surface area contributed by atoms with Crippen molar-refractivity contribution in [2.24, 2.45) is 0 Å². The van der Waals surface area contributed by atoms with Gasteiger partial charge in [0.2, 0.25) is 0 Å². The molecule has 5 heteroatoms. The molecule has 0 unspecified atom stereocenters. The molecule has 0 aromatic rings. The third-order valence-electron chi connectivity index (χ3n) is 3.71. The molecule has 2 saturated heterocycles. The molecule has 0 spiro atoms. The van der Waals surface area contributed by atoms with Crippen LogP contribution in [0, 0.1) is 0 Å². The molecule has 0 aromatic carbocycles. The average Bonchev–Trinajstić information content (AvgIpc) is 2.38. The second kappa shape index (κ2) is 6.70. The quantitative estimate of drug-likeness (QED) is 0.629. The number of rotatable bonds is 4. The van der Waals surface area contributed by atoms with Gasteiger partial charge in [-0.15, -0.1) is 0 Å². The lowest BCUT2D eigenvalue weighted by molar-refractivity contribution is -0.288. The summed E-state index contributed by atoms with van der Waals surface area (Å²) in [5, 5.41) is 3.55. The topological polar surface area (TPSA) is 56.8 Å². The van der Waals surface area contributed by atoms with E-state index in [1.165, 1.54) is 6.08 Å². The first-order valence-electron chi connectivity index (χ1n) is 7.41. The Morgan fingerprint density at radius 2 is 2.25 bits per heavy atom. The smallest absolute Gasteiger partial charge is 0.330 e.